The molecule has 0 bridgehead atoms. The summed E-state index contributed by atoms with van der Waals surface area (Å²) in [4.78, 5) is 38.5. The molecule has 0 atom stereocenters. The van der Waals surface area contributed by atoms with Gasteiger partial charge in [0, 0.05) is 24.3 Å². The fourth-order valence-corrected chi connectivity index (χ4v) is 3.11. The average Bonchev–Trinajstić information content (AvgIpc) is 3.08. The average molecular weight is 409 g/mol. The fourth-order valence-electron chi connectivity index (χ4n) is 3.11. The molecule has 156 valence electrons. The van der Waals surface area contributed by atoms with Gasteiger partial charge in [-0.25, -0.2) is 4.79 Å². The molecule has 0 aliphatic carbocycles. The molecule has 3 N–H and O–H groups in total. The first-order valence-corrected chi connectivity index (χ1v) is 9.44. The maximum atomic E-state index is 12.6. The van der Waals surface area contributed by atoms with Crippen LogP contribution in [0.4, 0.5) is 5.69 Å². The predicted octanol–water partition coefficient (Wildman–Crippen LogP) is 1.29. The van der Waals surface area contributed by atoms with Crippen LogP contribution in [0.3, 0.4) is 0 Å². The van der Waals surface area contributed by atoms with Crippen LogP contribution in [-0.2, 0) is 20.9 Å². The standard InChI is InChI=1S/C22H23N3O5/c1-30-22(29)18-14-25(10-11-26)21(28)19(18)24-17-9-5-8-16(12-17)20(27)23-13-15-6-3-2-4-7-15/h2-9,12,24,26H,10-11,13-14H2,1H3,(H,23,27). The SMILES string of the molecule is COC(=O)C1=C(Nc2cccc(C(=O)NCc3ccccc3)c2)C(=O)N(CCO)C1. The van der Waals surface area contributed by atoms with E-state index in [1.54, 1.807) is 24.3 Å². The minimum absolute atomic E-state index is 0.0473. The van der Waals surface area contributed by atoms with Crippen molar-refractivity contribution in [2.24, 2.45) is 0 Å². The zero-order valence-corrected chi connectivity index (χ0v) is 16.6. The van der Waals surface area contributed by atoms with Crippen LogP contribution in [0.5, 0.6) is 0 Å². The Morgan fingerprint density at radius 2 is 1.90 bits per heavy atom. The highest BCUT2D eigenvalue weighted by molar-refractivity contribution is 6.08. The second-order valence-corrected chi connectivity index (χ2v) is 6.67. The van der Waals surface area contributed by atoms with Gasteiger partial charge in [0.2, 0.25) is 0 Å². The van der Waals surface area contributed by atoms with Crippen LogP contribution in [0.15, 0.2) is 65.9 Å². The molecule has 2 aromatic rings. The van der Waals surface area contributed by atoms with E-state index in [4.69, 9.17) is 9.84 Å². The summed E-state index contributed by atoms with van der Waals surface area (Å²) in [5.41, 5.74) is 2.13. The molecule has 1 aliphatic heterocycles. The lowest BCUT2D eigenvalue weighted by Crippen LogP contribution is -2.31. The number of carbonyl (C=O) groups is 3. The Morgan fingerprint density at radius 1 is 1.13 bits per heavy atom. The number of amides is 2. The molecule has 1 aliphatic rings. The van der Waals surface area contributed by atoms with E-state index in [0.717, 1.165) is 5.56 Å². The highest BCUT2D eigenvalue weighted by Crippen LogP contribution is 2.23. The predicted molar refractivity (Wildman–Crippen MR) is 110 cm³/mol. The Labute approximate surface area is 174 Å². The Kier molecular flexibility index (Phi) is 6.82. The van der Waals surface area contributed by atoms with Crippen molar-refractivity contribution in [2.45, 2.75) is 6.54 Å². The quantitative estimate of drug-likeness (QED) is 0.567. The summed E-state index contributed by atoms with van der Waals surface area (Å²) >= 11 is 0. The molecule has 8 nitrogen and oxygen atoms in total. The van der Waals surface area contributed by atoms with Gasteiger partial charge in [0.05, 0.1) is 25.8 Å². The van der Waals surface area contributed by atoms with Gasteiger partial charge >= 0.3 is 5.97 Å². The lowest BCUT2D eigenvalue weighted by atomic mass is 10.1. The molecule has 8 heteroatoms. The number of hydrogen-bond acceptors (Lipinski definition) is 6. The van der Waals surface area contributed by atoms with Crippen LogP contribution in [0.25, 0.3) is 0 Å². The molecule has 0 fully saturated rings. The van der Waals surface area contributed by atoms with Crippen molar-refractivity contribution < 1.29 is 24.2 Å². The number of hydrogen-bond donors (Lipinski definition) is 3. The summed E-state index contributed by atoms with van der Waals surface area (Å²) in [6.45, 7) is 0.326. The Hall–Kier alpha value is -3.65. The third-order valence-electron chi connectivity index (χ3n) is 4.64. The van der Waals surface area contributed by atoms with Gasteiger partial charge in [-0.05, 0) is 23.8 Å². The Balaban J connectivity index is 1.75. The molecule has 3 rings (SSSR count). The number of rotatable bonds is 8. The van der Waals surface area contributed by atoms with Crippen LogP contribution in [0.2, 0.25) is 0 Å². The number of ether oxygens (including phenoxy) is 1. The maximum absolute atomic E-state index is 12.6. The summed E-state index contributed by atoms with van der Waals surface area (Å²) in [5, 5.41) is 14.9. The summed E-state index contributed by atoms with van der Waals surface area (Å²) < 4.78 is 4.77. The maximum Gasteiger partial charge on any atom is 0.337 e. The highest BCUT2D eigenvalue weighted by atomic mass is 16.5. The Morgan fingerprint density at radius 3 is 2.60 bits per heavy atom. The zero-order valence-electron chi connectivity index (χ0n) is 16.6. The first-order chi connectivity index (χ1) is 14.5. The van der Waals surface area contributed by atoms with Crippen LogP contribution in [0, 0.1) is 0 Å². The number of methoxy groups -OCH3 is 1. The molecule has 0 radical (unpaired) electrons. The molecule has 30 heavy (non-hydrogen) atoms. The molecule has 1 heterocycles. The molecule has 0 aromatic heterocycles. The van der Waals surface area contributed by atoms with Gasteiger partial charge in [0.15, 0.2) is 0 Å². The van der Waals surface area contributed by atoms with E-state index in [0.29, 0.717) is 17.8 Å². The number of benzene rings is 2. The van der Waals surface area contributed by atoms with Crippen molar-refractivity contribution >= 4 is 23.5 Å². The third kappa shape index (κ3) is 4.84. The first-order valence-electron chi connectivity index (χ1n) is 9.44. The number of nitrogens with zero attached hydrogens (tertiary/aromatic N) is 1. The van der Waals surface area contributed by atoms with Crippen molar-refractivity contribution in [3.05, 3.63) is 77.0 Å². The third-order valence-corrected chi connectivity index (χ3v) is 4.64. The molecular weight excluding hydrogens is 386 g/mol. The van der Waals surface area contributed by atoms with E-state index in [1.807, 2.05) is 30.3 Å². The van der Waals surface area contributed by atoms with Crippen LogP contribution in [0.1, 0.15) is 15.9 Å². The van der Waals surface area contributed by atoms with E-state index in [9.17, 15) is 14.4 Å². The van der Waals surface area contributed by atoms with Crippen molar-refractivity contribution in [3.8, 4) is 0 Å². The van der Waals surface area contributed by atoms with E-state index in [-0.39, 0.29) is 36.9 Å². The van der Waals surface area contributed by atoms with Crippen LogP contribution in [-0.4, -0.2) is 54.6 Å². The first kappa shape index (κ1) is 21.1. The van der Waals surface area contributed by atoms with Crippen molar-refractivity contribution in [3.63, 3.8) is 0 Å². The number of nitrogens with one attached hydrogen (secondary N) is 2. The van der Waals surface area contributed by atoms with Crippen LogP contribution < -0.4 is 10.6 Å². The minimum Gasteiger partial charge on any atom is -0.466 e. The van der Waals surface area contributed by atoms with Crippen molar-refractivity contribution in [2.75, 3.05) is 32.1 Å². The number of carbonyl (C=O) groups excluding carboxylic acids is 3. The number of aliphatic hydroxyl groups is 1. The van der Waals surface area contributed by atoms with E-state index < -0.39 is 11.9 Å². The number of β-amino-alcohol motifs (C(OH)–C–C–N with tert-alkyl or cyclic N) is 1. The van der Waals surface area contributed by atoms with Gasteiger partial charge in [0.1, 0.15) is 5.70 Å². The second-order valence-electron chi connectivity index (χ2n) is 6.67. The summed E-state index contributed by atoms with van der Waals surface area (Å²) in [6, 6.07) is 16.2. The number of anilines is 1. The molecular formula is C22H23N3O5. The summed E-state index contributed by atoms with van der Waals surface area (Å²) in [7, 11) is 1.24. The fraction of sp³-hybridized carbons (Fsp3) is 0.227. The Bertz CT molecular complexity index is 972. The second kappa shape index (κ2) is 9.71. The van der Waals surface area contributed by atoms with E-state index in [1.165, 1.54) is 12.0 Å². The van der Waals surface area contributed by atoms with Gasteiger partial charge in [-0.1, -0.05) is 36.4 Å². The summed E-state index contributed by atoms with van der Waals surface area (Å²) in [6.07, 6.45) is 0. The molecule has 2 aromatic carbocycles. The molecule has 0 spiro atoms. The smallest absolute Gasteiger partial charge is 0.337 e. The number of aliphatic hydroxyl groups excluding tert-OH is 1. The van der Waals surface area contributed by atoms with Crippen molar-refractivity contribution in [1.82, 2.24) is 10.2 Å². The highest BCUT2D eigenvalue weighted by Gasteiger charge is 2.34. The van der Waals surface area contributed by atoms with Crippen LogP contribution >= 0.6 is 0 Å². The van der Waals surface area contributed by atoms with E-state index >= 15 is 0 Å². The molecule has 0 unspecified atom stereocenters. The minimum atomic E-state index is -0.622. The topological polar surface area (TPSA) is 108 Å². The zero-order chi connectivity index (χ0) is 21.5. The van der Waals surface area contributed by atoms with Gasteiger partial charge < -0.3 is 25.4 Å². The normalized spacial score (nSPS) is 13.4. The summed E-state index contributed by atoms with van der Waals surface area (Å²) in [5.74, 6) is -1.30. The molecule has 2 amide bonds. The van der Waals surface area contributed by atoms with Gasteiger partial charge in [0.25, 0.3) is 11.8 Å². The monoisotopic (exact) mass is 409 g/mol. The lowest BCUT2D eigenvalue weighted by molar-refractivity contribution is -0.136. The van der Waals surface area contributed by atoms with Gasteiger partial charge in [-0.3, -0.25) is 9.59 Å². The van der Waals surface area contributed by atoms with E-state index in [2.05, 4.69) is 10.6 Å². The molecule has 0 saturated carbocycles. The largest absolute Gasteiger partial charge is 0.466 e. The van der Waals surface area contributed by atoms with Crippen molar-refractivity contribution in [1.29, 1.82) is 0 Å². The van der Waals surface area contributed by atoms with Gasteiger partial charge in [-0.15, -0.1) is 0 Å². The molecule has 0 saturated heterocycles. The lowest BCUT2D eigenvalue weighted by Gasteiger charge is -2.15. The van der Waals surface area contributed by atoms with Gasteiger partial charge in [-0.2, -0.15) is 0 Å². The number of esters is 1.